The summed E-state index contributed by atoms with van der Waals surface area (Å²) in [4.78, 5) is 12.0. The van der Waals surface area contributed by atoms with Crippen molar-refractivity contribution in [1.82, 2.24) is 9.78 Å². The van der Waals surface area contributed by atoms with Crippen LogP contribution in [0.4, 0.5) is 13.2 Å². The molecule has 0 aliphatic heterocycles. The highest BCUT2D eigenvalue weighted by Gasteiger charge is 2.30. The molecule has 1 aliphatic carbocycles. The minimum Gasteiger partial charge on any atom is -0.294 e. The molecule has 19 heavy (non-hydrogen) atoms. The van der Waals surface area contributed by atoms with E-state index >= 15 is 0 Å². The Morgan fingerprint density at radius 2 is 1.79 bits per heavy atom. The lowest BCUT2D eigenvalue weighted by Crippen LogP contribution is -2.15. The van der Waals surface area contributed by atoms with Gasteiger partial charge in [0.25, 0.3) is 5.56 Å². The zero-order valence-corrected chi connectivity index (χ0v) is 11.1. The van der Waals surface area contributed by atoms with Crippen molar-refractivity contribution in [2.24, 2.45) is 0 Å². The monoisotopic (exact) mass is 332 g/mol. The fourth-order valence-corrected chi connectivity index (χ4v) is 2.52. The number of H-pyrrole nitrogens is 1. The minimum atomic E-state index is -1.55. The van der Waals surface area contributed by atoms with Gasteiger partial charge in [-0.2, -0.15) is 0 Å². The van der Waals surface area contributed by atoms with Crippen LogP contribution in [0.15, 0.2) is 21.4 Å². The normalized spacial score (nSPS) is 14.9. The van der Waals surface area contributed by atoms with Gasteiger partial charge in [0, 0.05) is 18.1 Å². The minimum absolute atomic E-state index is 0.0750. The average Bonchev–Trinajstić information content (AvgIpc) is 3.15. The van der Waals surface area contributed by atoms with E-state index in [0.717, 1.165) is 29.7 Å². The van der Waals surface area contributed by atoms with Crippen LogP contribution in [-0.2, 0) is 0 Å². The summed E-state index contributed by atoms with van der Waals surface area (Å²) in [6.07, 6.45) is 1.93. The van der Waals surface area contributed by atoms with Gasteiger partial charge in [-0.25, -0.2) is 17.9 Å². The van der Waals surface area contributed by atoms with E-state index in [4.69, 9.17) is 0 Å². The van der Waals surface area contributed by atoms with Crippen LogP contribution in [0.3, 0.4) is 0 Å². The van der Waals surface area contributed by atoms with Gasteiger partial charge < -0.3 is 0 Å². The third kappa shape index (κ3) is 2.01. The molecule has 3 rings (SSSR count). The highest BCUT2D eigenvalue weighted by atomic mass is 79.9. The lowest BCUT2D eigenvalue weighted by Gasteiger charge is -2.03. The molecule has 0 unspecified atom stereocenters. The second kappa shape index (κ2) is 4.26. The molecule has 1 N–H and O–H groups in total. The third-order valence-electron chi connectivity index (χ3n) is 3.07. The maximum Gasteiger partial charge on any atom is 0.285 e. The number of halogens is 4. The topological polar surface area (TPSA) is 37.8 Å². The number of rotatable bonds is 2. The van der Waals surface area contributed by atoms with Gasteiger partial charge in [0.15, 0.2) is 17.5 Å². The Hall–Kier alpha value is -1.50. The van der Waals surface area contributed by atoms with Gasteiger partial charge >= 0.3 is 0 Å². The second-order valence-corrected chi connectivity index (χ2v) is 5.27. The molecule has 7 heteroatoms. The van der Waals surface area contributed by atoms with E-state index < -0.39 is 23.0 Å². The molecule has 0 bridgehead atoms. The molecule has 1 saturated carbocycles. The van der Waals surface area contributed by atoms with Gasteiger partial charge in [-0.15, -0.1) is 0 Å². The Morgan fingerprint density at radius 3 is 2.32 bits per heavy atom. The Bertz CT molecular complexity index is 695. The highest BCUT2D eigenvalue weighted by molar-refractivity contribution is 9.10. The molecule has 1 heterocycles. The van der Waals surface area contributed by atoms with Crippen molar-refractivity contribution < 1.29 is 13.2 Å². The van der Waals surface area contributed by atoms with Crippen molar-refractivity contribution >= 4 is 15.9 Å². The van der Waals surface area contributed by atoms with Crippen LogP contribution in [0, 0.1) is 17.5 Å². The molecular formula is C12H8BrF3N2O. The van der Waals surface area contributed by atoms with E-state index in [1.54, 1.807) is 0 Å². The van der Waals surface area contributed by atoms with E-state index in [9.17, 15) is 18.0 Å². The van der Waals surface area contributed by atoms with Crippen LogP contribution in [0.2, 0.25) is 0 Å². The summed E-state index contributed by atoms with van der Waals surface area (Å²) in [5, 5.41) is 2.80. The van der Waals surface area contributed by atoms with Crippen LogP contribution in [0.1, 0.15) is 24.5 Å². The number of aromatic nitrogens is 2. The van der Waals surface area contributed by atoms with Gasteiger partial charge in [-0.3, -0.25) is 9.89 Å². The van der Waals surface area contributed by atoms with Crippen molar-refractivity contribution in [2.75, 3.05) is 0 Å². The Kier molecular flexibility index (Phi) is 2.81. The molecular weight excluding hydrogens is 325 g/mol. The van der Waals surface area contributed by atoms with E-state index in [2.05, 4.69) is 21.0 Å². The van der Waals surface area contributed by atoms with Crippen LogP contribution in [-0.4, -0.2) is 9.78 Å². The van der Waals surface area contributed by atoms with Gasteiger partial charge in [0.05, 0.1) is 11.4 Å². The third-order valence-corrected chi connectivity index (χ3v) is 3.84. The summed E-state index contributed by atoms with van der Waals surface area (Å²) in [5.74, 6) is -3.95. The molecule has 1 aromatic carbocycles. The van der Waals surface area contributed by atoms with E-state index in [1.165, 1.54) is 0 Å². The zero-order valence-electron chi connectivity index (χ0n) is 9.51. The molecule has 1 aromatic heterocycles. The van der Waals surface area contributed by atoms with E-state index in [0.29, 0.717) is 10.2 Å². The Labute approximate surface area is 114 Å². The lowest BCUT2D eigenvalue weighted by atomic mass is 10.3. The molecule has 1 fully saturated rings. The number of hydrogen-bond acceptors (Lipinski definition) is 1. The fourth-order valence-electron chi connectivity index (χ4n) is 1.93. The smallest absolute Gasteiger partial charge is 0.285 e. The largest absolute Gasteiger partial charge is 0.294 e. The Morgan fingerprint density at radius 1 is 1.21 bits per heavy atom. The highest BCUT2D eigenvalue weighted by Crippen LogP contribution is 2.41. The van der Waals surface area contributed by atoms with Crippen LogP contribution < -0.4 is 5.56 Å². The molecule has 1 aliphatic rings. The maximum atomic E-state index is 13.2. The lowest BCUT2D eigenvalue weighted by molar-refractivity contribution is 0.445. The second-order valence-electron chi connectivity index (χ2n) is 4.48. The summed E-state index contributed by atoms with van der Waals surface area (Å²) in [7, 11) is 0. The van der Waals surface area contributed by atoms with Crippen LogP contribution in [0.5, 0.6) is 0 Å². The number of aromatic amines is 1. The number of nitrogens with one attached hydrogen (secondary N) is 1. The van der Waals surface area contributed by atoms with Gasteiger partial charge in [-0.1, -0.05) is 0 Å². The first kappa shape index (κ1) is 12.5. The van der Waals surface area contributed by atoms with Crippen LogP contribution in [0.25, 0.3) is 5.69 Å². The van der Waals surface area contributed by atoms with Crippen LogP contribution >= 0.6 is 15.9 Å². The summed E-state index contributed by atoms with van der Waals surface area (Å²) in [6, 6.07) is 1.55. The van der Waals surface area contributed by atoms with Gasteiger partial charge in [0.2, 0.25) is 0 Å². The maximum absolute atomic E-state index is 13.2. The number of benzene rings is 1. The average molecular weight is 333 g/mol. The zero-order chi connectivity index (χ0) is 13.7. The first-order valence-corrected chi connectivity index (χ1v) is 6.43. The Balaban J connectivity index is 2.17. The predicted octanol–water partition coefficient (Wildman–Crippen LogP) is 3.22. The molecule has 0 amide bonds. The SMILES string of the molecule is O=c1c(Br)c(C2CC2)[nH]n1-c1cc(F)c(F)c(F)c1. The van der Waals surface area contributed by atoms with Crippen molar-refractivity contribution in [3.63, 3.8) is 0 Å². The molecule has 0 atom stereocenters. The molecule has 0 radical (unpaired) electrons. The molecule has 0 spiro atoms. The quantitative estimate of drug-likeness (QED) is 0.842. The number of nitrogens with zero attached hydrogens (tertiary/aromatic N) is 1. The van der Waals surface area contributed by atoms with Crippen molar-refractivity contribution in [2.45, 2.75) is 18.8 Å². The molecule has 3 nitrogen and oxygen atoms in total. The first-order valence-electron chi connectivity index (χ1n) is 5.64. The van der Waals surface area contributed by atoms with Crippen molar-refractivity contribution in [3.05, 3.63) is 50.1 Å². The predicted molar refractivity (Wildman–Crippen MR) is 65.9 cm³/mol. The van der Waals surface area contributed by atoms with E-state index in [1.807, 2.05) is 0 Å². The van der Waals surface area contributed by atoms with Gasteiger partial charge in [0.1, 0.15) is 4.47 Å². The molecule has 0 saturated heterocycles. The van der Waals surface area contributed by atoms with Crippen molar-refractivity contribution in [3.8, 4) is 5.69 Å². The van der Waals surface area contributed by atoms with Crippen molar-refractivity contribution in [1.29, 1.82) is 0 Å². The number of hydrogen-bond donors (Lipinski definition) is 1. The van der Waals surface area contributed by atoms with Gasteiger partial charge in [-0.05, 0) is 28.8 Å². The molecule has 2 aromatic rings. The first-order chi connectivity index (χ1) is 8.99. The standard InChI is InChI=1S/C12H8BrF3N2O/c13-9-11(5-1-2-5)17-18(12(9)19)6-3-7(14)10(16)8(15)4-6/h3-5,17H,1-2H2. The summed E-state index contributed by atoms with van der Waals surface area (Å²) in [5.41, 5.74) is 0.177. The summed E-state index contributed by atoms with van der Waals surface area (Å²) < 4.78 is 40.6. The van der Waals surface area contributed by atoms with E-state index in [-0.39, 0.29) is 11.6 Å². The fraction of sp³-hybridized carbons (Fsp3) is 0.250. The molecule has 100 valence electrons. The summed E-state index contributed by atoms with van der Waals surface area (Å²) in [6.45, 7) is 0. The summed E-state index contributed by atoms with van der Waals surface area (Å²) >= 11 is 3.16.